The van der Waals surface area contributed by atoms with Gasteiger partial charge in [-0.2, -0.15) is 8.78 Å². The Hall–Kier alpha value is -2.47. The predicted octanol–water partition coefficient (Wildman–Crippen LogP) is 3.98. The number of benzene rings is 2. The summed E-state index contributed by atoms with van der Waals surface area (Å²) in [6, 6.07) is 11.4. The first kappa shape index (κ1) is 16.9. The van der Waals surface area contributed by atoms with E-state index in [1.807, 2.05) is 0 Å². The minimum Gasteiger partial charge on any atom is -0.454 e. The molecule has 4 nitrogen and oxygen atoms in total. The molecule has 23 heavy (non-hydrogen) atoms. The van der Waals surface area contributed by atoms with Gasteiger partial charge in [-0.3, -0.25) is 4.79 Å². The highest BCUT2D eigenvalue weighted by atomic mass is 35.5. The number of ketones is 1. The number of hydrogen-bond donors (Lipinski definition) is 0. The molecule has 0 saturated carbocycles. The highest BCUT2D eigenvalue weighted by Gasteiger charge is 2.18. The van der Waals surface area contributed by atoms with Gasteiger partial charge in [0.2, 0.25) is 0 Å². The molecule has 0 aliphatic carbocycles. The molecule has 0 aliphatic rings. The maximum absolute atomic E-state index is 12.3. The standard InChI is InChI=1S/C16H11ClF2O4/c17-11-7-5-10(6-8-11)13(20)9-22-15(21)12-3-1-2-4-14(12)23-16(18)19/h1-8,16H,9H2. The topological polar surface area (TPSA) is 52.6 Å². The van der Waals surface area contributed by atoms with E-state index in [4.69, 9.17) is 16.3 Å². The van der Waals surface area contributed by atoms with Crippen LogP contribution in [0, 0.1) is 0 Å². The second-order valence-electron chi connectivity index (χ2n) is 4.38. The summed E-state index contributed by atoms with van der Waals surface area (Å²) in [7, 11) is 0. The molecule has 0 spiro atoms. The molecule has 0 aliphatic heterocycles. The summed E-state index contributed by atoms with van der Waals surface area (Å²) in [5.41, 5.74) is 0.135. The van der Waals surface area contributed by atoms with Crippen LogP contribution in [-0.4, -0.2) is 25.0 Å². The minimum atomic E-state index is -3.07. The first-order chi connectivity index (χ1) is 11.0. The van der Waals surface area contributed by atoms with E-state index in [-0.39, 0.29) is 11.3 Å². The fourth-order valence-corrected chi connectivity index (χ4v) is 1.89. The first-order valence-corrected chi connectivity index (χ1v) is 6.85. The van der Waals surface area contributed by atoms with Crippen LogP contribution in [0.2, 0.25) is 5.02 Å². The number of halogens is 3. The smallest absolute Gasteiger partial charge is 0.387 e. The average Bonchev–Trinajstić information content (AvgIpc) is 2.53. The quantitative estimate of drug-likeness (QED) is 0.589. The molecule has 0 aromatic heterocycles. The molecule has 0 N–H and O–H groups in total. The van der Waals surface area contributed by atoms with E-state index in [1.165, 1.54) is 48.5 Å². The lowest BCUT2D eigenvalue weighted by molar-refractivity contribution is -0.0504. The van der Waals surface area contributed by atoms with Crippen LogP contribution in [0.4, 0.5) is 8.78 Å². The summed E-state index contributed by atoms with van der Waals surface area (Å²) in [6.07, 6.45) is 0. The molecule has 0 atom stereocenters. The molecule has 2 aromatic carbocycles. The maximum Gasteiger partial charge on any atom is 0.387 e. The van der Waals surface area contributed by atoms with Crippen molar-refractivity contribution in [2.75, 3.05) is 6.61 Å². The van der Waals surface area contributed by atoms with Crippen LogP contribution in [0.3, 0.4) is 0 Å². The van der Waals surface area contributed by atoms with Crippen molar-refractivity contribution < 1.29 is 27.8 Å². The van der Waals surface area contributed by atoms with Gasteiger partial charge in [-0.1, -0.05) is 23.7 Å². The van der Waals surface area contributed by atoms with Gasteiger partial charge in [0.05, 0.1) is 0 Å². The summed E-state index contributed by atoms with van der Waals surface area (Å²) in [4.78, 5) is 23.8. The first-order valence-electron chi connectivity index (χ1n) is 6.47. The number of esters is 1. The molecule has 0 radical (unpaired) electrons. The van der Waals surface area contributed by atoms with Crippen molar-refractivity contribution in [3.05, 3.63) is 64.7 Å². The van der Waals surface area contributed by atoms with Gasteiger partial charge >= 0.3 is 12.6 Å². The van der Waals surface area contributed by atoms with E-state index in [1.54, 1.807) is 0 Å². The predicted molar refractivity (Wildman–Crippen MR) is 79.1 cm³/mol. The van der Waals surface area contributed by atoms with Gasteiger partial charge in [-0.25, -0.2) is 4.79 Å². The molecule has 2 aromatic rings. The Labute approximate surface area is 135 Å². The third kappa shape index (κ3) is 4.75. The number of rotatable bonds is 6. The number of hydrogen-bond acceptors (Lipinski definition) is 4. The van der Waals surface area contributed by atoms with Crippen molar-refractivity contribution in [2.24, 2.45) is 0 Å². The highest BCUT2D eigenvalue weighted by Crippen LogP contribution is 2.21. The molecule has 0 saturated heterocycles. The molecule has 2 rings (SSSR count). The molecular formula is C16H11ClF2O4. The van der Waals surface area contributed by atoms with Crippen molar-refractivity contribution in [1.29, 1.82) is 0 Å². The van der Waals surface area contributed by atoms with Gasteiger partial charge in [0.25, 0.3) is 0 Å². The largest absolute Gasteiger partial charge is 0.454 e. The number of Topliss-reactive ketones (excluding diaryl/α,β-unsaturated/α-hetero) is 1. The molecule has 0 fully saturated rings. The molecule has 0 bridgehead atoms. The Balaban J connectivity index is 2.02. The summed E-state index contributed by atoms with van der Waals surface area (Å²) in [5.74, 6) is -1.68. The van der Waals surface area contributed by atoms with Gasteiger partial charge in [0, 0.05) is 10.6 Å². The van der Waals surface area contributed by atoms with Crippen molar-refractivity contribution in [3.8, 4) is 5.75 Å². The molecule has 7 heteroatoms. The SMILES string of the molecule is O=C(COC(=O)c1ccccc1OC(F)F)c1ccc(Cl)cc1. The average molecular weight is 341 g/mol. The summed E-state index contributed by atoms with van der Waals surface area (Å²) < 4.78 is 33.7. The number of carbonyl (C=O) groups is 2. The third-order valence-corrected chi connectivity index (χ3v) is 3.08. The van der Waals surface area contributed by atoms with Crippen molar-refractivity contribution >= 4 is 23.4 Å². The number of para-hydroxylation sites is 1. The minimum absolute atomic E-state index is 0.184. The van der Waals surface area contributed by atoms with Crippen LogP contribution >= 0.6 is 11.6 Å². The highest BCUT2D eigenvalue weighted by molar-refractivity contribution is 6.30. The monoisotopic (exact) mass is 340 g/mol. The van der Waals surface area contributed by atoms with E-state index in [9.17, 15) is 18.4 Å². The second kappa shape index (κ2) is 7.69. The Morgan fingerprint density at radius 3 is 2.35 bits per heavy atom. The normalized spacial score (nSPS) is 10.4. The zero-order chi connectivity index (χ0) is 16.8. The van der Waals surface area contributed by atoms with Gasteiger partial charge < -0.3 is 9.47 Å². The molecule has 0 amide bonds. The fourth-order valence-electron chi connectivity index (χ4n) is 1.76. The zero-order valence-electron chi connectivity index (χ0n) is 11.7. The van der Waals surface area contributed by atoms with Gasteiger partial charge in [-0.05, 0) is 36.4 Å². The number of ether oxygens (including phenoxy) is 2. The summed E-state index contributed by atoms with van der Waals surface area (Å²) in [5, 5.41) is 0.469. The maximum atomic E-state index is 12.3. The van der Waals surface area contributed by atoms with E-state index in [0.29, 0.717) is 10.6 Å². The van der Waals surface area contributed by atoms with E-state index in [0.717, 1.165) is 0 Å². The van der Waals surface area contributed by atoms with Crippen LogP contribution in [-0.2, 0) is 4.74 Å². The lowest BCUT2D eigenvalue weighted by Gasteiger charge is -2.10. The Morgan fingerprint density at radius 2 is 1.70 bits per heavy atom. The summed E-state index contributed by atoms with van der Waals surface area (Å²) >= 11 is 5.71. The number of carbonyl (C=O) groups excluding carboxylic acids is 2. The molecular weight excluding hydrogens is 330 g/mol. The van der Waals surface area contributed by atoms with E-state index in [2.05, 4.69) is 4.74 Å². The van der Waals surface area contributed by atoms with Gasteiger partial charge in [0.15, 0.2) is 12.4 Å². The summed E-state index contributed by atoms with van der Waals surface area (Å²) in [6.45, 7) is -3.59. The Bertz CT molecular complexity index is 701. The molecule has 0 heterocycles. The van der Waals surface area contributed by atoms with Crippen LogP contribution < -0.4 is 4.74 Å². The van der Waals surface area contributed by atoms with E-state index < -0.39 is 25.0 Å². The van der Waals surface area contributed by atoms with Gasteiger partial charge in [0.1, 0.15) is 11.3 Å². The van der Waals surface area contributed by atoms with E-state index >= 15 is 0 Å². The second-order valence-corrected chi connectivity index (χ2v) is 4.82. The van der Waals surface area contributed by atoms with Crippen LogP contribution in [0.15, 0.2) is 48.5 Å². The third-order valence-electron chi connectivity index (χ3n) is 2.82. The van der Waals surface area contributed by atoms with Crippen molar-refractivity contribution in [2.45, 2.75) is 6.61 Å². The Morgan fingerprint density at radius 1 is 1.04 bits per heavy atom. The molecule has 0 unspecified atom stereocenters. The van der Waals surface area contributed by atoms with Gasteiger partial charge in [-0.15, -0.1) is 0 Å². The fraction of sp³-hybridized carbons (Fsp3) is 0.125. The van der Waals surface area contributed by atoms with Crippen LogP contribution in [0.25, 0.3) is 0 Å². The zero-order valence-corrected chi connectivity index (χ0v) is 12.4. The lowest BCUT2D eigenvalue weighted by atomic mass is 10.1. The number of alkyl halides is 2. The van der Waals surface area contributed by atoms with Crippen LogP contribution in [0.1, 0.15) is 20.7 Å². The van der Waals surface area contributed by atoms with Crippen molar-refractivity contribution in [3.63, 3.8) is 0 Å². The van der Waals surface area contributed by atoms with Crippen LogP contribution in [0.5, 0.6) is 5.75 Å². The Kier molecular flexibility index (Phi) is 5.65. The van der Waals surface area contributed by atoms with Crippen molar-refractivity contribution in [1.82, 2.24) is 0 Å². The lowest BCUT2D eigenvalue weighted by Crippen LogP contribution is -2.15. The molecule has 120 valence electrons.